The molecule has 6 heteroatoms. The van der Waals surface area contributed by atoms with Crippen molar-refractivity contribution in [2.24, 2.45) is 11.5 Å². The van der Waals surface area contributed by atoms with Crippen LogP contribution in [0.5, 0.6) is 0 Å². The van der Waals surface area contributed by atoms with Crippen molar-refractivity contribution in [3.8, 4) is 0 Å². The van der Waals surface area contributed by atoms with Crippen molar-refractivity contribution in [1.29, 1.82) is 0 Å². The van der Waals surface area contributed by atoms with Gasteiger partial charge in [0, 0.05) is 11.6 Å². The number of urea groups is 1. The van der Waals surface area contributed by atoms with Gasteiger partial charge in [-0.3, -0.25) is 4.98 Å². The summed E-state index contributed by atoms with van der Waals surface area (Å²) in [6, 6.07) is 8.20. The molecule has 1 heterocycles. The highest BCUT2D eigenvalue weighted by molar-refractivity contribution is 5.92. The van der Waals surface area contributed by atoms with Gasteiger partial charge < -0.3 is 16.6 Å². The van der Waals surface area contributed by atoms with Gasteiger partial charge in [0.25, 0.3) is 0 Å². The Hall–Kier alpha value is -2.63. The van der Waals surface area contributed by atoms with Crippen LogP contribution in [-0.4, -0.2) is 22.1 Å². The maximum atomic E-state index is 10.6. The van der Waals surface area contributed by atoms with E-state index in [0.717, 1.165) is 10.9 Å². The molecule has 0 saturated heterocycles. The molecule has 0 spiro atoms. The predicted molar refractivity (Wildman–Crippen MR) is 62.5 cm³/mol. The molecule has 0 radical (unpaired) electrons. The number of aromatic carboxylic acids is 1. The number of hydrogen-bond donors (Lipinski definition) is 3. The van der Waals surface area contributed by atoms with Crippen LogP contribution in [0.3, 0.4) is 0 Å². The van der Waals surface area contributed by atoms with Gasteiger partial charge in [0.2, 0.25) is 0 Å². The Kier molecular flexibility index (Phi) is 3.99. The average molecular weight is 233 g/mol. The lowest BCUT2D eigenvalue weighted by molar-refractivity contribution is 0.0696. The van der Waals surface area contributed by atoms with E-state index in [0.29, 0.717) is 0 Å². The Bertz CT molecular complexity index is 550. The van der Waals surface area contributed by atoms with E-state index < -0.39 is 12.0 Å². The van der Waals surface area contributed by atoms with Crippen molar-refractivity contribution < 1.29 is 14.7 Å². The zero-order chi connectivity index (χ0) is 12.8. The van der Waals surface area contributed by atoms with Crippen LogP contribution < -0.4 is 11.5 Å². The maximum Gasteiger partial charge on any atom is 0.337 e. The van der Waals surface area contributed by atoms with Crippen molar-refractivity contribution in [1.82, 2.24) is 4.98 Å². The zero-order valence-corrected chi connectivity index (χ0v) is 8.83. The minimum absolute atomic E-state index is 0.221. The largest absolute Gasteiger partial charge is 0.478 e. The topological polar surface area (TPSA) is 119 Å². The van der Waals surface area contributed by atoms with Gasteiger partial charge in [-0.15, -0.1) is 0 Å². The third-order valence-electron chi connectivity index (χ3n) is 1.84. The zero-order valence-electron chi connectivity index (χ0n) is 8.83. The Balaban J connectivity index is 0.000000317. The fraction of sp³-hybridized carbons (Fsp3) is 0. The highest BCUT2D eigenvalue weighted by Crippen LogP contribution is 2.12. The molecule has 2 rings (SSSR count). The molecule has 1 aromatic heterocycles. The molecule has 0 unspecified atom stereocenters. The molecule has 5 N–H and O–H groups in total. The van der Waals surface area contributed by atoms with E-state index in [4.69, 9.17) is 9.90 Å². The number of primary amides is 2. The van der Waals surface area contributed by atoms with E-state index in [9.17, 15) is 4.79 Å². The number of aromatic nitrogens is 1. The number of amides is 2. The number of fused-ring (bicyclic) bond motifs is 1. The number of benzene rings is 1. The second kappa shape index (κ2) is 5.45. The summed E-state index contributed by atoms with van der Waals surface area (Å²) in [7, 11) is 0. The van der Waals surface area contributed by atoms with E-state index in [1.807, 2.05) is 24.3 Å². The van der Waals surface area contributed by atoms with Crippen molar-refractivity contribution in [2.45, 2.75) is 0 Å². The molecule has 0 aliphatic heterocycles. The molecule has 0 aliphatic rings. The summed E-state index contributed by atoms with van der Waals surface area (Å²) < 4.78 is 0. The highest BCUT2D eigenvalue weighted by Gasteiger charge is 2.03. The molecule has 0 aliphatic carbocycles. The number of carbonyl (C=O) groups is 2. The van der Waals surface area contributed by atoms with Crippen molar-refractivity contribution >= 4 is 22.9 Å². The summed E-state index contributed by atoms with van der Waals surface area (Å²) in [4.78, 5) is 23.6. The van der Waals surface area contributed by atoms with Crippen LogP contribution in [0.4, 0.5) is 4.79 Å². The Morgan fingerprint density at radius 1 is 1.18 bits per heavy atom. The number of carboxylic acid groups (broad SMARTS) is 1. The normalized spacial score (nSPS) is 9.18. The molecule has 1 aromatic carbocycles. The molecule has 0 atom stereocenters. The van der Waals surface area contributed by atoms with Gasteiger partial charge in [-0.05, 0) is 12.1 Å². The Labute approximate surface area is 96.9 Å². The van der Waals surface area contributed by atoms with Gasteiger partial charge in [0.15, 0.2) is 0 Å². The van der Waals surface area contributed by atoms with Crippen LogP contribution in [0.25, 0.3) is 10.9 Å². The van der Waals surface area contributed by atoms with Gasteiger partial charge in [-0.2, -0.15) is 0 Å². The van der Waals surface area contributed by atoms with Gasteiger partial charge in [0.05, 0.1) is 11.1 Å². The van der Waals surface area contributed by atoms with Gasteiger partial charge >= 0.3 is 12.0 Å². The SMILES string of the molecule is NC(N)=O.O=C(O)c1cnc2ccccc2c1. The molecule has 17 heavy (non-hydrogen) atoms. The summed E-state index contributed by atoms with van der Waals surface area (Å²) in [6.07, 6.45) is 1.37. The van der Waals surface area contributed by atoms with Crippen molar-refractivity contribution in [3.63, 3.8) is 0 Å². The molecular formula is C11H11N3O3. The number of carboxylic acids is 1. The van der Waals surface area contributed by atoms with E-state index in [-0.39, 0.29) is 5.56 Å². The number of pyridine rings is 1. The Morgan fingerprint density at radius 2 is 1.76 bits per heavy atom. The number of nitrogens with two attached hydrogens (primary N) is 2. The number of para-hydroxylation sites is 1. The monoisotopic (exact) mass is 233 g/mol. The molecule has 0 fully saturated rings. The first-order valence-corrected chi connectivity index (χ1v) is 4.63. The Morgan fingerprint density at radius 3 is 2.35 bits per heavy atom. The average Bonchev–Trinajstić information content (AvgIpc) is 2.27. The summed E-state index contributed by atoms with van der Waals surface area (Å²) >= 11 is 0. The second-order valence-electron chi connectivity index (χ2n) is 3.12. The van der Waals surface area contributed by atoms with Crippen LogP contribution in [0.1, 0.15) is 10.4 Å². The van der Waals surface area contributed by atoms with Crippen LogP contribution in [-0.2, 0) is 0 Å². The minimum Gasteiger partial charge on any atom is -0.478 e. The number of hydrogen-bond acceptors (Lipinski definition) is 3. The smallest absolute Gasteiger partial charge is 0.337 e. The van der Waals surface area contributed by atoms with Crippen LogP contribution in [0.15, 0.2) is 36.5 Å². The first-order valence-electron chi connectivity index (χ1n) is 4.63. The van der Waals surface area contributed by atoms with Crippen molar-refractivity contribution in [2.75, 3.05) is 0 Å². The highest BCUT2D eigenvalue weighted by atomic mass is 16.4. The maximum absolute atomic E-state index is 10.6. The predicted octanol–water partition coefficient (Wildman–Crippen LogP) is 0.957. The van der Waals surface area contributed by atoms with E-state index >= 15 is 0 Å². The lowest BCUT2D eigenvalue weighted by atomic mass is 10.2. The second-order valence-corrected chi connectivity index (χ2v) is 3.12. The number of rotatable bonds is 1. The first kappa shape index (κ1) is 12.4. The molecule has 0 bridgehead atoms. The lowest BCUT2D eigenvalue weighted by Gasteiger charge is -1.97. The molecule has 2 amide bonds. The van der Waals surface area contributed by atoms with E-state index in [2.05, 4.69) is 16.5 Å². The summed E-state index contributed by atoms with van der Waals surface area (Å²) in [5.41, 5.74) is 9.53. The van der Waals surface area contributed by atoms with Crippen molar-refractivity contribution in [3.05, 3.63) is 42.1 Å². The lowest BCUT2D eigenvalue weighted by Crippen LogP contribution is -2.18. The van der Waals surface area contributed by atoms with Gasteiger partial charge in [0.1, 0.15) is 0 Å². The number of nitrogens with zero attached hydrogens (tertiary/aromatic N) is 1. The molecule has 0 saturated carbocycles. The van der Waals surface area contributed by atoms with Gasteiger partial charge in [-0.25, -0.2) is 9.59 Å². The van der Waals surface area contributed by atoms with Crippen LogP contribution in [0, 0.1) is 0 Å². The molecule has 6 nitrogen and oxygen atoms in total. The third-order valence-corrected chi connectivity index (χ3v) is 1.84. The van der Waals surface area contributed by atoms with E-state index in [1.165, 1.54) is 6.20 Å². The van der Waals surface area contributed by atoms with E-state index in [1.54, 1.807) is 6.07 Å². The van der Waals surface area contributed by atoms with Crippen LogP contribution in [0.2, 0.25) is 0 Å². The minimum atomic E-state index is -0.946. The van der Waals surface area contributed by atoms with Gasteiger partial charge in [-0.1, -0.05) is 18.2 Å². The number of carbonyl (C=O) groups excluding carboxylic acids is 1. The van der Waals surface area contributed by atoms with Crippen LogP contribution >= 0.6 is 0 Å². The summed E-state index contributed by atoms with van der Waals surface area (Å²) in [5.74, 6) is -0.946. The fourth-order valence-corrected chi connectivity index (χ4v) is 1.19. The quantitative estimate of drug-likeness (QED) is 0.679. The standard InChI is InChI=1S/C10H7NO2.CH4N2O/c12-10(13)8-5-7-3-1-2-4-9(7)11-6-8;2-1(3)4/h1-6H,(H,12,13);(H4,2,3,4). The molecule has 2 aromatic rings. The summed E-state index contributed by atoms with van der Waals surface area (Å²) in [5, 5.41) is 9.55. The first-order chi connectivity index (χ1) is 8.00. The molecular weight excluding hydrogens is 222 g/mol. The third kappa shape index (κ3) is 3.78. The molecule has 88 valence electrons. The summed E-state index contributed by atoms with van der Waals surface area (Å²) in [6.45, 7) is 0. The fourth-order valence-electron chi connectivity index (χ4n) is 1.19.